The Hall–Kier alpha value is -0.820. The standard InChI is InChI=1S/C21H16Br2Cl2O3/c22-12-21(19-6-4-16(24)9-20(19)25)27-11-18(28-21)10-26-17-5-2-13-7-15(23)3-1-14(13)8-17/h1-9,18H,10-12H2. The number of halogens is 4. The fourth-order valence-electron chi connectivity index (χ4n) is 3.20. The molecule has 0 spiro atoms. The van der Waals surface area contributed by atoms with Gasteiger partial charge in [-0.15, -0.1) is 0 Å². The molecule has 0 N–H and O–H groups in total. The molecule has 4 rings (SSSR count). The minimum Gasteiger partial charge on any atom is -0.491 e. The van der Waals surface area contributed by atoms with Crippen LogP contribution in [0.15, 0.2) is 59.1 Å². The van der Waals surface area contributed by atoms with Crippen LogP contribution in [0, 0.1) is 0 Å². The summed E-state index contributed by atoms with van der Waals surface area (Å²) >= 11 is 19.4. The van der Waals surface area contributed by atoms with Gasteiger partial charge in [-0.25, -0.2) is 0 Å². The van der Waals surface area contributed by atoms with E-state index >= 15 is 0 Å². The van der Waals surface area contributed by atoms with Crippen molar-refractivity contribution in [2.45, 2.75) is 11.9 Å². The molecule has 1 heterocycles. The van der Waals surface area contributed by atoms with Crippen LogP contribution in [-0.2, 0) is 15.3 Å². The van der Waals surface area contributed by atoms with E-state index in [0.717, 1.165) is 26.6 Å². The normalized spacial score (nSPS) is 21.9. The summed E-state index contributed by atoms with van der Waals surface area (Å²) in [7, 11) is 0. The fraction of sp³-hybridized carbons (Fsp3) is 0.238. The summed E-state index contributed by atoms with van der Waals surface area (Å²) in [5.74, 6) is -0.162. The first-order chi connectivity index (χ1) is 13.5. The minimum atomic E-state index is -0.953. The van der Waals surface area contributed by atoms with Crippen LogP contribution in [0.5, 0.6) is 5.75 Å². The van der Waals surface area contributed by atoms with E-state index in [0.29, 0.717) is 28.6 Å². The molecule has 1 aliphatic rings. The molecule has 0 radical (unpaired) electrons. The van der Waals surface area contributed by atoms with Crippen LogP contribution in [0.2, 0.25) is 10.0 Å². The van der Waals surface area contributed by atoms with Gasteiger partial charge in [-0.05, 0) is 47.2 Å². The van der Waals surface area contributed by atoms with E-state index in [1.165, 1.54) is 0 Å². The molecule has 1 aliphatic heterocycles. The summed E-state index contributed by atoms with van der Waals surface area (Å²) in [4.78, 5) is 0. The van der Waals surface area contributed by atoms with Crippen LogP contribution < -0.4 is 4.74 Å². The summed E-state index contributed by atoms with van der Waals surface area (Å²) in [6.45, 7) is 0.785. The molecule has 0 aliphatic carbocycles. The number of hydrogen-bond acceptors (Lipinski definition) is 3. The Morgan fingerprint density at radius 2 is 1.82 bits per heavy atom. The molecule has 2 unspecified atom stereocenters. The molecule has 3 nitrogen and oxygen atoms in total. The lowest BCUT2D eigenvalue weighted by molar-refractivity contribution is -0.159. The van der Waals surface area contributed by atoms with Crippen molar-refractivity contribution in [2.24, 2.45) is 0 Å². The summed E-state index contributed by atoms with van der Waals surface area (Å²) < 4.78 is 19.2. The third kappa shape index (κ3) is 4.20. The quantitative estimate of drug-likeness (QED) is 0.324. The molecule has 1 fully saturated rings. The zero-order chi connectivity index (χ0) is 19.7. The molecule has 146 valence electrons. The van der Waals surface area contributed by atoms with Crippen LogP contribution in [0.1, 0.15) is 5.56 Å². The molecular formula is C21H16Br2Cl2O3. The Morgan fingerprint density at radius 3 is 2.61 bits per heavy atom. The summed E-state index contributed by atoms with van der Waals surface area (Å²) in [6, 6.07) is 17.5. The van der Waals surface area contributed by atoms with Gasteiger partial charge >= 0.3 is 0 Å². The second kappa shape index (κ2) is 8.50. The van der Waals surface area contributed by atoms with Gasteiger partial charge in [0, 0.05) is 15.1 Å². The van der Waals surface area contributed by atoms with Crippen molar-refractivity contribution in [2.75, 3.05) is 18.5 Å². The predicted octanol–water partition coefficient (Wildman–Crippen LogP) is 6.95. The summed E-state index contributed by atoms with van der Waals surface area (Å²) in [5.41, 5.74) is 0.745. The van der Waals surface area contributed by atoms with Gasteiger partial charge in [0.15, 0.2) is 0 Å². The molecule has 3 aromatic carbocycles. The van der Waals surface area contributed by atoms with Gasteiger partial charge in [-0.3, -0.25) is 0 Å². The Labute approximate surface area is 190 Å². The van der Waals surface area contributed by atoms with Crippen LogP contribution in [0.25, 0.3) is 10.8 Å². The van der Waals surface area contributed by atoms with Crippen molar-refractivity contribution in [1.82, 2.24) is 0 Å². The molecular weight excluding hydrogens is 531 g/mol. The van der Waals surface area contributed by atoms with E-state index in [-0.39, 0.29) is 6.10 Å². The van der Waals surface area contributed by atoms with E-state index in [4.69, 9.17) is 37.4 Å². The average Bonchev–Trinajstić information content (AvgIpc) is 3.11. The van der Waals surface area contributed by atoms with Crippen molar-refractivity contribution >= 4 is 65.8 Å². The third-order valence-corrected chi connectivity index (χ3v) is 6.37. The maximum atomic E-state index is 6.37. The zero-order valence-corrected chi connectivity index (χ0v) is 19.3. The van der Waals surface area contributed by atoms with E-state index in [1.807, 2.05) is 30.3 Å². The Kier molecular flexibility index (Phi) is 6.21. The number of benzene rings is 3. The minimum absolute atomic E-state index is 0.218. The van der Waals surface area contributed by atoms with Crippen LogP contribution in [0.3, 0.4) is 0 Å². The molecule has 0 aromatic heterocycles. The second-order valence-corrected chi connectivity index (χ2v) is 8.85. The first-order valence-electron chi connectivity index (χ1n) is 8.64. The van der Waals surface area contributed by atoms with Gasteiger partial charge in [-0.2, -0.15) is 0 Å². The number of hydrogen-bond donors (Lipinski definition) is 0. The maximum absolute atomic E-state index is 6.37. The Morgan fingerprint density at radius 1 is 1.04 bits per heavy atom. The smallest absolute Gasteiger partial charge is 0.206 e. The number of alkyl halides is 1. The van der Waals surface area contributed by atoms with Gasteiger partial charge in [0.05, 0.1) is 17.0 Å². The highest BCUT2D eigenvalue weighted by Crippen LogP contribution is 2.40. The van der Waals surface area contributed by atoms with Crippen molar-refractivity contribution in [3.63, 3.8) is 0 Å². The second-order valence-electron chi connectivity index (χ2n) is 6.53. The largest absolute Gasteiger partial charge is 0.491 e. The lowest BCUT2D eigenvalue weighted by atomic mass is 10.1. The summed E-state index contributed by atoms with van der Waals surface area (Å²) in [6.07, 6.45) is -0.218. The molecule has 28 heavy (non-hydrogen) atoms. The van der Waals surface area contributed by atoms with Crippen LogP contribution in [-0.4, -0.2) is 24.6 Å². The molecule has 0 amide bonds. The van der Waals surface area contributed by atoms with Crippen LogP contribution in [0.4, 0.5) is 0 Å². The van der Waals surface area contributed by atoms with Crippen molar-refractivity contribution < 1.29 is 14.2 Å². The first kappa shape index (κ1) is 20.5. The summed E-state index contributed by atoms with van der Waals surface area (Å²) in [5, 5.41) is 3.79. The van der Waals surface area contributed by atoms with Crippen LogP contribution >= 0.6 is 55.1 Å². The lowest BCUT2D eigenvalue weighted by Gasteiger charge is -2.27. The average molecular weight is 547 g/mol. The Balaban J connectivity index is 1.46. The predicted molar refractivity (Wildman–Crippen MR) is 120 cm³/mol. The van der Waals surface area contributed by atoms with Crippen molar-refractivity contribution in [1.29, 1.82) is 0 Å². The van der Waals surface area contributed by atoms with Gasteiger partial charge < -0.3 is 14.2 Å². The zero-order valence-electron chi connectivity index (χ0n) is 14.6. The number of rotatable bonds is 5. The van der Waals surface area contributed by atoms with E-state index in [2.05, 4.69) is 44.0 Å². The Bertz CT molecular complexity index is 1010. The molecule has 2 atom stereocenters. The lowest BCUT2D eigenvalue weighted by Crippen LogP contribution is -2.31. The van der Waals surface area contributed by atoms with Crippen molar-refractivity contribution in [3.8, 4) is 5.75 Å². The molecule has 3 aromatic rings. The first-order valence-corrected chi connectivity index (χ1v) is 11.3. The topological polar surface area (TPSA) is 27.7 Å². The van der Waals surface area contributed by atoms with Crippen molar-refractivity contribution in [3.05, 3.63) is 74.7 Å². The highest BCUT2D eigenvalue weighted by Gasteiger charge is 2.44. The van der Waals surface area contributed by atoms with E-state index in [9.17, 15) is 0 Å². The van der Waals surface area contributed by atoms with E-state index in [1.54, 1.807) is 12.1 Å². The molecule has 0 bridgehead atoms. The monoisotopic (exact) mass is 544 g/mol. The number of fused-ring (bicyclic) bond motifs is 1. The van der Waals surface area contributed by atoms with Gasteiger partial charge in [0.25, 0.3) is 0 Å². The SMILES string of the molecule is Clc1ccc(C2(CBr)OCC(COc3ccc4cc(Br)ccc4c3)O2)c(Cl)c1. The fourth-order valence-corrected chi connectivity index (χ4v) is 4.73. The molecule has 1 saturated heterocycles. The highest BCUT2D eigenvalue weighted by atomic mass is 79.9. The van der Waals surface area contributed by atoms with Gasteiger partial charge in [0.2, 0.25) is 5.79 Å². The van der Waals surface area contributed by atoms with Gasteiger partial charge in [0.1, 0.15) is 18.5 Å². The molecule has 0 saturated carbocycles. The molecule has 7 heteroatoms. The number of ether oxygens (including phenoxy) is 3. The van der Waals surface area contributed by atoms with E-state index < -0.39 is 5.79 Å². The third-order valence-electron chi connectivity index (χ3n) is 4.59. The highest BCUT2D eigenvalue weighted by molar-refractivity contribution is 9.10. The van der Waals surface area contributed by atoms with Gasteiger partial charge in [-0.1, -0.05) is 73.3 Å². The maximum Gasteiger partial charge on any atom is 0.206 e.